The van der Waals surface area contributed by atoms with E-state index in [-0.39, 0.29) is 0 Å². The number of nitrogens with zero attached hydrogens (tertiary/aromatic N) is 1. The summed E-state index contributed by atoms with van der Waals surface area (Å²) in [5.41, 5.74) is 1.09. The fourth-order valence-electron chi connectivity index (χ4n) is 2.49. The number of aliphatic carboxylic acids is 1. The molecule has 0 unspecified atom stereocenters. The minimum Gasteiger partial charge on any atom is -0.480 e. The highest BCUT2D eigenvalue weighted by Gasteiger charge is 2.24. The Kier molecular flexibility index (Phi) is 7.97. The Balaban J connectivity index is 2.60. The van der Waals surface area contributed by atoms with Crippen molar-refractivity contribution in [3.8, 4) is 0 Å². The van der Waals surface area contributed by atoms with E-state index in [1.165, 1.54) is 19.3 Å². The first kappa shape index (κ1) is 16.7. The molecular formula is C17H27NO2. The van der Waals surface area contributed by atoms with Gasteiger partial charge >= 0.3 is 5.97 Å². The highest BCUT2D eigenvalue weighted by molar-refractivity contribution is 5.74. The molecular weight excluding hydrogens is 250 g/mol. The summed E-state index contributed by atoms with van der Waals surface area (Å²) in [7, 11) is 0. The molecule has 1 N–H and O–H groups in total. The fraction of sp³-hybridized carbons (Fsp3) is 0.588. The van der Waals surface area contributed by atoms with Crippen LogP contribution in [0.1, 0.15) is 45.1 Å². The number of carboxylic acids is 1. The summed E-state index contributed by atoms with van der Waals surface area (Å²) in [5.74, 6) is -0.716. The molecule has 1 aromatic rings. The number of carboxylic acid groups (broad SMARTS) is 1. The van der Waals surface area contributed by atoms with Gasteiger partial charge in [0.15, 0.2) is 0 Å². The molecule has 3 heteroatoms. The van der Waals surface area contributed by atoms with Gasteiger partial charge in [-0.3, -0.25) is 9.69 Å². The largest absolute Gasteiger partial charge is 0.480 e. The minimum absolute atomic E-state index is 0.413. The van der Waals surface area contributed by atoms with E-state index in [1.807, 2.05) is 37.3 Å². The maximum atomic E-state index is 11.6. The number of hydrogen-bond donors (Lipinski definition) is 1. The normalized spacial score (nSPS) is 12.6. The Morgan fingerprint density at radius 2 is 1.85 bits per heavy atom. The van der Waals surface area contributed by atoms with Crippen molar-refractivity contribution < 1.29 is 9.90 Å². The maximum Gasteiger partial charge on any atom is 0.321 e. The van der Waals surface area contributed by atoms with Crippen LogP contribution in [-0.4, -0.2) is 35.1 Å². The Hall–Kier alpha value is -1.35. The number of unbranched alkanes of at least 4 members (excludes halogenated alkanes) is 3. The van der Waals surface area contributed by atoms with Crippen LogP contribution in [0.3, 0.4) is 0 Å². The third kappa shape index (κ3) is 5.74. The zero-order valence-electron chi connectivity index (χ0n) is 12.7. The van der Waals surface area contributed by atoms with Crippen molar-refractivity contribution >= 4 is 5.97 Å². The third-order valence-electron chi connectivity index (χ3n) is 3.70. The molecule has 1 atom stereocenters. The molecule has 1 aromatic carbocycles. The summed E-state index contributed by atoms with van der Waals surface area (Å²) in [5, 5.41) is 9.50. The van der Waals surface area contributed by atoms with Gasteiger partial charge in [-0.1, -0.05) is 63.4 Å². The van der Waals surface area contributed by atoms with Gasteiger partial charge in [-0.25, -0.2) is 0 Å². The monoisotopic (exact) mass is 277 g/mol. The van der Waals surface area contributed by atoms with Crippen LogP contribution in [-0.2, 0) is 11.2 Å². The van der Waals surface area contributed by atoms with Gasteiger partial charge in [0.05, 0.1) is 0 Å². The zero-order valence-corrected chi connectivity index (χ0v) is 12.7. The van der Waals surface area contributed by atoms with Crippen molar-refractivity contribution in [2.45, 2.75) is 52.0 Å². The topological polar surface area (TPSA) is 40.5 Å². The minimum atomic E-state index is -0.716. The number of likely N-dealkylation sites (N-methyl/N-ethyl adjacent to an activating group) is 1. The lowest BCUT2D eigenvalue weighted by atomic mass is 10.0. The van der Waals surface area contributed by atoms with E-state index in [0.29, 0.717) is 6.42 Å². The van der Waals surface area contributed by atoms with Crippen LogP contribution < -0.4 is 0 Å². The number of hydrogen-bond acceptors (Lipinski definition) is 2. The maximum absolute atomic E-state index is 11.6. The van der Waals surface area contributed by atoms with E-state index in [1.54, 1.807) is 0 Å². The summed E-state index contributed by atoms with van der Waals surface area (Å²) < 4.78 is 0. The molecule has 0 bridgehead atoms. The van der Waals surface area contributed by atoms with Gasteiger partial charge in [-0.15, -0.1) is 0 Å². The molecule has 0 spiro atoms. The van der Waals surface area contributed by atoms with Crippen molar-refractivity contribution in [2.24, 2.45) is 0 Å². The Bertz CT molecular complexity index is 378. The van der Waals surface area contributed by atoms with E-state index in [4.69, 9.17) is 0 Å². The highest BCUT2D eigenvalue weighted by atomic mass is 16.4. The van der Waals surface area contributed by atoms with E-state index < -0.39 is 12.0 Å². The zero-order chi connectivity index (χ0) is 14.8. The molecule has 0 fully saturated rings. The first-order chi connectivity index (χ1) is 9.69. The van der Waals surface area contributed by atoms with Crippen molar-refractivity contribution in [2.75, 3.05) is 13.1 Å². The van der Waals surface area contributed by atoms with Crippen LogP contribution in [0.15, 0.2) is 30.3 Å². The predicted octanol–water partition coefficient (Wildman–Crippen LogP) is 3.58. The molecule has 112 valence electrons. The summed E-state index contributed by atoms with van der Waals surface area (Å²) in [6, 6.07) is 9.48. The Labute approximate surface area is 122 Å². The molecule has 0 aromatic heterocycles. The first-order valence-corrected chi connectivity index (χ1v) is 7.69. The van der Waals surface area contributed by atoms with Gasteiger partial charge in [0, 0.05) is 0 Å². The molecule has 0 saturated heterocycles. The second-order valence-electron chi connectivity index (χ2n) is 5.23. The Morgan fingerprint density at radius 3 is 2.40 bits per heavy atom. The summed E-state index contributed by atoms with van der Waals surface area (Å²) in [6.45, 7) is 5.89. The van der Waals surface area contributed by atoms with Crippen LogP contribution >= 0.6 is 0 Å². The number of benzene rings is 1. The molecule has 0 heterocycles. The standard InChI is InChI=1S/C17H27NO2/c1-3-5-6-10-13-18(4-2)16(17(19)20)14-15-11-8-7-9-12-15/h7-9,11-12,16H,3-6,10,13-14H2,1-2H3,(H,19,20)/t16-/m0/s1. The predicted molar refractivity (Wildman–Crippen MR) is 83.0 cm³/mol. The molecule has 0 aliphatic rings. The first-order valence-electron chi connectivity index (χ1n) is 7.69. The van der Waals surface area contributed by atoms with Gasteiger partial charge in [-0.05, 0) is 31.5 Å². The molecule has 0 aliphatic heterocycles. The summed E-state index contributed by atoms with van der Waals surface area (Å²) >= 11 is 0. The van der Waals surface area contributed by atoms with Crippen LogP contribution in [0.2, 0.25) is 0 Å². The number of rotatable bonds is 10. The van der Waals surface area contributed by atoms with E-state index >= 15 is 0 Å². The molecule has 3 nitrogen and oxygen atoms in total. The van der Waals surface area contributed by atoms with Crippen LogP contribution in [0, 0.1) is 0 Å². The third-order valence-corrected chi connectivity index (χ3v) is 3.70. The quantitative estimate of drug-likeness (QED) is 0.664. The lowest BCUT2D eigenvalue weighted by molar-refractivity contribution is -0.143. The summed E-state index contributed by atoms with van der Waals surface area (Å²) in [4.78, 5) is 13.6. The number of carbonyl (C=O) groups is 1. The van der Waals surface area contributed by atoms with Crippen LogP contribution in [0.25, 0.3) is 0 Å². The molecule has 1 rings (SSSR count). The van der Waals surface area contributed by atoms with Crippen molar-refractivity contribution in [1.29, 1.82) is 0 Å². The fourth-order valence-corrected chi connectivity index (χ4v) is 2.49. The Morgan fingerprint density at radius 1 is 1.15 bits per heavy atom. The SMILES string of the molecule is CCCCCCN(CC)[C@@H](Cc1ccccc1)C(=O)O. The molecule has 0 amide bonds. The molecule has 0 saturated carbocycles. The van der Waals surface area contributed by atoms with Crippen LogP contribution in [0.4, 0.5) is 0 Å². The van der Waals surface area contributed by atoms with Gasteiger partial charge in [0.1, 0.15) is 6.04 Å². The van der Waals surface area contributed by atoms with Gasteiger partial charge in [-0.2, -0.15) is 0 Å². The second kappa shape index (κ2) is 9.54. The van der Waals surface area contributed by atoms with Gasteiger partial charge in [0.2, 0.25) is 0 Å². The van der Waals surface area contributed by atoms with Gasteiger partial charge in [0.25, 0.3) is 0 Å². The van der Waals surface area contributed by atoms with E-state index in [0.717, 1.165) is 25.1 Å². The van der Waals surface area contributed by atoms with E-state index in [2.05, 4.69) is 11.8 Å². The average molecular weight is 277 g/mol. The van der Waals surface area contributed by atoms with Gasteiger partial charge < -0.3 is 5.11 Å². The molecule has 20 heavy (non-hydrogen) atoms. The second-order valence-corrected chi connectivity index (χ2v) is 5.23. The van der Waals surface area contributed by atoms with Crippen LogP contribution in [0.5, 0.6) is 0 Å². The molecule has 0 radical (unpaired) electrons. The average Bonchev–Trinajstić information content (AvgIpc) is 2.46. The summed E-state index contributed by atoms with van der Waals surface area (Å²) in [6.07, 6.45) is 5.29. The van der Waals surface area contributed by atoms with Crippen molar-refractivity contribution in [1.82, 2.24) is 4.90 Å². The lowest BCUT2D eigenvalue weighted by Gasteiger charge is -2.27. The van der Waals surface area contributed by atoms with Crippen molar-refractivity contribution in [3.05, 3.63) is 35.9 Å². The smallest absolute Gasteiger partial charge is 0.321 e. The molecule has 0 aliphatic carbocycles. The lowest BCUT2D eigenvalue weighted by Crippen LogP contribution is -2.43. The highest BCUT2D eigenvalue weighted by Crippen LogP contribution is 2.11. The van der Waals surface area contributed by atoms with Crippen molar-refractivity contribution in [3.63, 3.8) is 0 Å². The van der Waals surface area contributed by atoms with E-state index in [9.17, 15) is 9.90 Å².